The molecule has 1 aliphatic heterocycles. The van der Waals surface area contributed by atoms with Crippen molar-refractivity contribution in [3.63, 3.8) is 0 Å². The maximum absolute atomic E-state index is 12.7. The Morgan fingerprint density at radius 1 is 1.21 bits per heavy atom. The second kappa shape index (κ2) is 8.94. The summed E-state index contributed by atoms with van der Waals surface area (Å²) in [6, 6.07) is 9.43. The fourth-order valence-electron chi connectivity index (χ4n) is 2.91. The highest BCUT2D eigenvalue weighted by Crippen LogP contribution is 2.31. The van der Waals surface area contributed by atoms with Gasteiger partial charge in [-0.15, -0.1) is 0 Å². The van der Waals surface area contributed by atoms with Crippen LogP contribution in [-0.2, 0) is 10.0 Å². The minimum Gasteiger partial charge on any atom is -0.507 e. The minimum absolute atomic E-state index is 0.0225. The van der Waals surface area contributed by atoms with E-state index < -0.39 is 10.0 Å². The van der Waals surface area contributed by atoms with Gasteiger partial charge in [-0.2, -0.15) is 4.31 Å². The summed E-state index contributed by atoms with van der Waals surface area (Å²) in [7, 11) is -3.55. The van der Waals surface area contributed by atoms with Gasteiger partial charge in [-0.3, -0.25) is 4.99 Å². The van der Waals surface area contributed by atoms with Gasteiger partial charge in [0.2, 0.25) is 10.0 Å². The summed E-state index contributed by atoms with van der Waals surface area (Å²) >= 11 is 6.19. The first-order valence-corrected chi connectivity index (χ1v) is 11.0. The normalized spacial score (nSPS) is 15.4. The minimum atomic E-state index is -3.55. The van der Waals surface area contributed by atoms with Gasteiger partial charge in [0.25, 0.3) is 0 Å². The largest absolute Gasteiger partial charge is 0.507 e. The summed E-state index contributed by atoms with van der Waals surface area (Å²) in [5.41, 5.74) is 0.806. The van der Waals surface area contributed by atoms with Crippen LogP contribution in [0, 0.1) is 0 Å². The van der Waals surface area contributed by atoms with Crippen LogP contribution in [0.25, 0.3) is 0 Å². The van der Waals surface area contributed by atoms with E-state index in [1.807, 2.05) is 6.92 Å². The van der Waals surface area contributed by atoms with E-state index in [-0.39, 0.29) is 10.6 Å². The molecule has 0 bridgehead atoms. The van der Waals surface area contributed by atoms with Gasteiger partial charge in [0, 0.05) is 30.9 Å². The zero-order chi connectivity index (χ0) is 20.1. The number of nitrogens with zero attached hydrogens (tertiary/aromatic N) is 2. The first-order valence-electron chi connectivity index (χ1n) is 9.21. The first kappa shape index (κ1) is 20.6. The Balaban J connectivity index is 1.84. The second-order valence-corrected chi connectivity index (χ2v) is 8.90. The third-order valence-corrected chi connectivity index (χ3v) is 6.65. The third kappa shape index (κ3) is 4.66. The SMILES string of the molecule is CCCOc1ccc(C=Nc2cc(S(=O)(=O)N3CCCC3)ccc2Cl)c(O)c1. The van der Waals surface area contributed by atoms with E-state index in [2.05, 4.69) is 4.99 Å². The number of benzene rings is 2. The Hall–Kier alpha value is -2.09. The Bertz CT molecular complexity index is 970. The molecule has 8 heteroatoms. The Morgan fingerprint density at radius 3 is 2.64 bits per heavy atom. The number of hydrogen-bond acceptors (Lipinski definition) is 5. The highest BCUT2D eigenvalue weighted by Gasteiger charge is 2.27. The molecule has 0 amide bonds. The van der Waals surface area contributed by atoms with Crippen LogP contribution in [0.3, 0.4) is 0 Å². The number of aromatic hydroxyl groups is 1. The van der Waals surface area contributed by atoms with Crippen molar-refractivity contribution in [2.45, 2.75) is 31.1 Å². The molecule has 1 fully saturated rings. The summed E-state index contributed by atoms with van der Waals surface area (Å²) in [5.74, 6) is 0.600. The number of rotatable bonds is 7. The molecular formula is C20H23ClN2O4S. The molecule has 28 heavy (non-hydrogen) atoms. The van der Waals surface area contributed by atoms with Gasteiger partial charge in [-0.1, -0.05) is 18.5 Å². The number of ether oxygens (including phenoxy) is 1. The van der Waals surface area contributed by atoms with Crippen molar-refractivity contribution in [3.8, 4) is 11.5 Å². The predicted molar refractivity (Wildman–Crippen MR) is 111 cm³/mol. The number of sulfonamides is 1. The van der Waals surface area contributed by atoms with E-state index >= 15 is 0 Å². The fraction of sp³-hybridized carbons (Fsp3) is 0.350. The molecule has 150 valence electrons. The number of halogens is 1. The van der Waals surface area contributed by atoms with Crippen LogP contribution in [0.2, 0.25) is 5.02 Å². The van der Waals surface area contributed by atoms with Gasteiger partial charge in [0.15, 0.2) is 0 Å². The molecule has 1 saturated heterocycles. The van der Waals surface area contributed by atoms with Crippen LogP contribution < -0.4 is 4.74 Å². The standard InChI is InChI=1S/C20H23ClN2O4S/c1-2-11-27-16-6-5-15(20(24)12-16)14-22-19-13-17(7-8-18(19)21)28(25,26)23-9-3-4-10-23/h5-8,12-14,24H,2-4,9-11H2,1H3. The molecule has 6 nitrogen and oxygen atoms in total. The Labute approximate surface area is 170 Å². The zero-order valence-corrected chi connectivity index (χ0v) is 17.2. The van der Waals surface area contributed by atoms with E-state index in [9.17, 15) is 13.5 Å². The van der Waals surface area contributed by atoms with E-state index in [4.69, 9.17) is 16.3 Å². The molecule has 3 rings (SSSR count). The smallest absolute Gasteiger partial charge is 0.243 e. The average molecular weight is 423 g/mol. The summed E-state index contributed by atoms with van der Waals surface area (Å²) < 4.78 is 32.4. The molecule has 0 spiro atoms. The second-order valence-electron chi connectivity index (χ2n) is 6.55. The lowest BCUT2D eigenvalue weighted by molar-refractivity contribution is 0.315. The fourth-order valence-corrected chi connectivity index (χ4v) is 4.61. The monoisotopic (exact) mass is 422 g/mol. The molecule has 1 heterocycles. The maximum atomic E-state index is 12.7. The summed E-state index contributed by atoms with van der Waals surface area (Å²) in [6.07, 6.45) is 4.07. The van der Waals surface area contributed by atoms with Crippen LogP contribution in [0.5, 0.6) is 11.5 Å². The highest BCUT2D eigenvalue weighted by molar-refractivity contribution is 7.89. The number of hydrogen-bond donors (Lipinski definition) is 1. The van der Waals surface area contributed by atoms with Crippen molar-refractivity contribution < 1.29 is 18.3 Å². The van der Waals surface area contributed by atoms with Crippen LogP contribution in [-0.4, -0.2) is 43.7 Å². The van der Waals surface area contributed by atoms with E-state index in [0.29, 0.717) is 41.7 Å². The third-order valence-electron chi connectivity index (χ3n) is 4.44. The molecule has 0 saturated carbocycles. The molecular weight excluding hydrogens is 400 g/mol. The zero-order valence-electron chi connectivity index (χ0n) is 15.6. The highest BCUT2D eigenvalue weighted by atomic mass is 35.5. The van der Waals surface area contributed by atoms with Gasteiger partial charge in [0.05, 0.1) is 22.2 Å². The van der Waals surface area contributed by atoms with Gasteiger partial charge < -0.3 is 9.84 Å². The van der Waals surface area contributed by atoms with Crippen molar-refractivity contribution >= 4 is 33.5 Å². The van der Waals surface area contributed by atoms with Gasteiger partial charge in [0.1, 0.15) is 11.5 Å². The van der Waals surface area contributed by atoms with E-state index in [0.717, 1.165) is 19.3 Å². The van der Waals surface area contributed by atoms with Gasteiger partial charge >= 0.3 is 0 Å². The maximum Gasteiger partial charge on any atom is 0.243 e. The van der Waals surface area contributed by atoms with Crippen LogP contribution in [0.15, 0.2) is 46.3 Å². The Kier molecular flexibility index (Phi) is 6.59. The van der Waals surface area contributed by atoms with Crippen molar-refractivity contribution in [1.29, 1.82) is 0 Å². The van der Waals surface area contributed by atoms with Crippen molar-refractivity contribution in [3.05, 3.63) is 47.0 Å². The van der Waals surface area contributed by atoms with Crippen LogP contribution >= 0.6 is 11.6 Å². The van der Waals surface area contributed by atoms with Crippen molar-refractivity contribution in [1.82, 2.24) is 4.31 Å². The van der Waals surface area contributed by atoms with Gasteiger partial charge in [-0.25, -0.2) is 8.42 Å². The molecule has 1 aliphatic rings. The van der Waals surface area contributed by atoms with E-state index in [1.165, 1.54) is 34.8 Å². The Morgan fingerprint density at radius 2 is 1.96 bits per heavy atom. The molecule has 0 aliphatic carbocycles. The molecule has 1 N–H and O–H groups in total. The number of phenolic OH excluding ortho intramolecular Hbond substituents is 1. The molecule has 0 atom stereocenters. The van der Waals surface area contributed by atoms with Gasteiger partial charge in [-0.05, 0) is 49.6 Å². The lowest BCUT2D eigenvalue weighted by Gasteiger charge is -2.15. The van der Waals surface area contributed by atoms with E-state index in [1.54, 1.807) is 12.1 Å². The molecule has 0 radical (unpaired) electrons. The summed E-state index contributed by atoms with van der Waals surface area (Å²) in [4.78, 5) is 4.45. The lowest BCUT2D eigenvalue weighted by atomic mass is 10.2. The number of phenols is 1. The topological polar surface area (TPSA) is 79.2 Å². The molecule has 0 unspecified atom stereocenters. The van der Waals surface area contributed by atoms with Crippen molar-refractivity contribution in [2.75, 3.05) is 19.7 Å². The quantitative estimate of drug-likeness (QED) is 0.672. The predicted octanol–water partition coefficient (Wildman–Crippen LogP) is 4.37. The average Bonchev–Trinajstić information content (AvgIpc) is 3.22. The van der Waals surface area contributed by atoms with Crippen molar-refractivity contribution in [2.24, 2.45) is 4.99 Å². The number of aliphatic imine (C=N–C) groups is 1. The first-order chi connectivity index (χ1) is 13.4. The lowest BCUT2D eigenvalue weighted by Crippen LogP contribution is -2.27. The molecule has 0 aromatic heterocycles. The molecule has 2 aromatic carbocycles. The van der Waals surface area contributed by atoms with Crippen LogP contribution in [0.4, 0.5) is 5.69 Å². The summed E-state index contributed by atoms with van der Waals surface area (Å²) in [5, 5.41) is 10.5. The van der Waals surface area contributed by atoms with Crippen LogP contribution in [0.1, 0.15) is 31.7 Å². The summed E-state index contributed by atoms with van der Waals surface area (Å²) in [6.45, 7) is 3.64. The molecule has 2 aromatic rings.